The number of nitrogens with zero attached hydrogens (tertiary/aromatic N) is 3. The summed E-state index contributed by atoms with van der Waals surface area (Å²) in [6.45, 7) is 0. The Labute approximate surface area is 116 Å². The summed E-state index contributed by atoms with van der Waals surface area (Å²) in [5.74, 6) is -0.959. The zero-order valence-corrected chi connectivity index (χ0v) is 10.6. The smallest absolute Gasteiger partial charge is 0.329 e. The first-order valence-corrected chi connectivity index (χ1v) is 5.62. The molecule has 1 aromatic carbocycles. The lowest BCUT2D eigenvalue weighted by atomic mass is 10.3. The predicted molar refractivity (Wildman–Crippen MR) is 68.4 cm³/mol. The molecule has 19 heavy (non-hydrogen) atoms. The van der Waals surface area contributed by atoms with Gasteiger partial charge in [-0.15, -0.1) is 0 Å². The minimum Gasteiger partial charge on any atom is -0.332 e. The first-order valence-electron chi connectivity index (χ1n) is 4.87. The highest BCUT2D eigenvalue weighted by molar-refractivity contribution is 6.31. The molecule has 0 saturated carbocycles. The number of hydrogen-bond donors (Lipinski definition) is 1. The van der Waals surface area contributed by atoms with Gasteiger partial charge < -0.3 is 5.32 Å². The van der Waals surface area contributed by atoms with Crippen LogP contribution in [-0.4, -0.2) is 14.9 Å². The van der Waals surface area contributed by atoms with E-state index >= 15 is 0 Å². The Morgan fingerprint density at radius 1 is 1.37 bits per heavy atom. The van der Waals surface area contributed by atoms with Crippen LogP contribution >= 0.6 is 23.2 Å². The predicted octanol–water partition coefficient (Wildman–Crippen LogP) is 3.57. The molecule has 1 aromatic heterocycles. The molecule has 0 amide bonds. The third-order valence-electron chi connectivity index (χ3n) is 2.14. The van der Waals surface area contributed by atoms with E-state index in [1.54, 1.807) is 0 Å². The van der Waals surface area contributed by atoms with Crippen molar-refractivity contribution in [2.75, 3.05) is 5.32 Å². The van der Waals surface area contributed by atoms with E-state index in [0.29, 0.717) is 0 Å². The van der Waals surface area contributed by atoms with Crippen LogP contribution in [0.3, 0.4) is 0 Å². The van der Waals surface area contributed by atoms with E-state index in [2.05, 4.69) is 15.3 Å². The fourth-order valence-corrected chi connectivity index (χ4v) is 1.62. The second-order valence-electron chi connectivity index (χ2n) is 3.36. The Balaban J connectivity index is 2.45. The second-order valence-corrected chi connectivity index (χ2v) is 4.10. The summed E-state index contributed by atoms with van der Waals surface area (Å²) in [5.41, 5.74) is -0.478. The molecule has 6 nitrogen and oxygen atoms in total. The average Bonchev–Trinajstić information content (AvgIpc) is 2.35. The van der Waals surface area contributed by atoms with Crippen LogP contribution in [0.15, 0.2) is 24.4 Å². The third-order valence-corrected chi connectivity index (χ3v) is 2.62. The molecule has 0 aliphatic carbocycles. The molecule has 0 fully saturated rings. The Kier molecular flexibility index (Phi) is 3.77. The molecule has 1 heterocycles. The third kappa shape index (κ3) is 2.88. The molecule has 1 N–H and O–H groups in total. The number of rotatable bonds is 3. The number of aromatic nitrogens is 2. The molecule has 0 radical (unpaired) electrons. The highest BCUT2D eigenvalue weighted by atomic mass is 35.5. The van der Waals surface area contributed by atoms with Gasteiger partial charge >= 0.3 is 5.69 Å². The van der Waals surface area contributed by atoms with E-state index < -0.39 is 16.4 Å². The van der Waals surface area contributed by atoms with Crippen molar-refractivity contribution in [3.8, 4) is 0 Å². The number of hydrogen-bond acceptors (Lipinski definition) is 5. The zero-order chi connectivity index (χ0) is 14.0. The van der Waals surface area contributed by atoms with Crippen LogP contribution in [0, 0.1) is 15.9 Å². The summed E-state index contributed by atoms with van der Waals surface area (Å²) >= 11 is 11.2. The zero-order valence-electron chi connectivity index (χ0n) is 9.10. The molecule has 0 aliphatic rings. The quantitative estimate of drug-likeness (QED) is 0.532. The molecule has 0 saturated heterocycles. The Morgan fingerprint density at radius 3 is 2.79 bits per heavy atom. The summed E-state index contributed by atoms with van der Waals surface area (Å²) in [6, 6.07) is 4.20. The van der Waals surface area contributed by atoms with Crippen LogP contribution in [-0.2, 0) is 0 Å². The van der Waals surface area contributed by atoms with Crippen LogP contribution in [0.4, 0.5) is 21.6 Å². The highest BCUT2D eigenvalue weighted by Crippen LogP contribution is 2.29. The Bertz CT molecular complexity index is 653. The number of anilines is 2. The minimum atomic E-state index is -0.742. The lowest BCUT2D eigenvalue weighted by Crippen LogP contribution is -2.02. The van der Waals surface area contributed by atoms with Crippen molar-refractivity contribution < 1.29 is 9.31 Å². The largest absolute Gasteiger partial charge is 0.332 e. The van der Waals surface area contributed by atoms with Gasteiger partial charge in [-0.3, -0.25) is 10.1 Å². The normalized spacial score (nSPS) is 10.3. The molecule has 9 heteroatoms. The van der Waals surface area contributed by atoms with Crippen LogP contribution in [0.2, 0.25) is 10.3 Å². The van der Waals surface area contributed by atoms with E-state index in [9.17, 15) is 14.5 Å². The van der Waals surface area contributed by atoms with Crippen LogP contribution < -0.4 is 5.32 Å². The van der Waals surface area contributed by atoms with Crippen LogP contribution in [0.1, 0.15) is 0 Å². The van der Waals surface area contributed by atoms with Crippen LogP contribution in [0.25, 0.3) is 0 Å². The van der Waals surface area contributed by atoms with Gasteiger partial charge in [0.1, 0.15) is 6.20 Å². The van der Waals surface area contributed by atoms with E-state index in [1.165, 1.54) is 18.2 Å². The van der Waals surface area contributed by atoms with Gasteiger partial charge in [0.25, 0.3) is 0 Å². The molecule has 0 spiro atoms. The summed E-state index contributed by atoms with van der Waals surface area (Å²) < 4.78 is 13.7. The molecule has 0 aliphatic heterocycles. The second kappa shape index (κ2) is 5.33. The monoisotopic (exact) mass is 302 g/mol. The van der Waals surface area contributed by atoms with E-state index in [0.717, 1.165) is 6.20 Å². The standard InChI is InChI=1S/C10H5Cl2FN4O2/c11-5-2-1-3-6(8(5)13)15-9-7(17(18)19)4-14-10(12)16-9/h1-4H,(H,14,15,16). The maximum atomic E-state index is 13.7. The van der Waals surface area contributed by atoms with Gasteiger partial charge in [-0.1, -0.05) is 17.7 Å². The number of nitrogens with one attached hydrogen (secondary N) is 1. The highest BCUT2D eigenvalue weighted by Gasteiger charge is 2.18. The molecular formula is C10H5Cl2FN4O2. The van der Waals surface area contributed by atoms with E-state index in [4.69, 9.17) is 23.2 Å². The SMILES string of the molecule is O=[N+]([O-])c1cnc(Cl)nc1Nc1cccc(Cl)c1F. The molecule has 2 rings (SSSR count). The lowest BCUT2D eigenvalue weighted by molar-refractivity contribution is -0.384. The van der Waals surface area contributed by atoms with Crippen molar-refractivity contribution in [2.45, 2.75) is 0 Å². The number of nitro groups is 1. The van der Waals surface area contributed by atoms with Gasteiger partial charge in [-0.05, 0) is 23.7 Å². The van der Waals surface area contributed by atoms with Gasteiger partial charge in [0, 0.05) is 0 Å². The first kappa shape index (κ1) is 13.4. The maximum absolute atomic E-state index is 13.7. The fraction of sp³-hybridized carbons (Fsp3) is 0. The van der Waals surface area contributed by atoms with Gasteiger partial charge in [0.2, 0.25) is 11.1 Å². The minimum absolute atomic E-state index is 0.0506. The van der Waals surface area contributed by atoms with Crippen molar-refractivity contribution >= 4 is 40.4 Å². The van der Waals surface area contributed by atoms with Crippen molar-refractivity contribution in [1.29, 1.82) is 0 Å². The maximum Gasteiger partial charge on any atom is 0.329 e. The fourth-order valence-electron chi connectivity index (χ4n) is 1.31. The number of halogens is 3. The lowest BCUT2D eigenvalue weighted by Gasteiger charge is -2.07. The van der Waals surface area contributed by atoms with Crippen LogP contribution in [0.5, 0.6) is 0 Å². The summed E-state index contributed by atoms with van der Waals surface area (Å²) in [6.07, 6.45) is 0.931. The van der Waals surface area contributed by atoms with Gasteiger partial charge in [-0.25, -0.2) is 9.37 Å². The first-order chi connectivity index (χ1) is 8.99. The van der Waals surface area contributed by atoms with Crippen molar-refractivity contribution in [2.24, 2.45) is 0 Å². The van der Waals surface area contributed by atoms with Crippen molar-refractivity contribution in [3.63, 3.8) is 0 Å². The van der Waals surface area contributed by atoms with Gasteiger partial charge in [0.05, 0.1) is 15.6 Å². The molecule has 98 valence electrons. The Morgan fingerprint density at radius 2 is 2.11 bits per heavy atom. The molecule has 0 atom stereocenters. The van der Waals surface area contributed by atoms with Crippen molar-refractivity contribution in [3.05, 3.63) is 50.6 Å². The molecule has 2 aromatic rings. The van der Waals surface area contributed by atoms with Crippen molar-refractivity contribution in [1.82, 2.24) is 9.97 Å². The topological polar surface area (TPSA) is 81.0 Å². The van der Waals surface area contributed by atoms with E-state index in [-0.39, 0.29) is 21.8 Å². The molecule has 0 unspecified atom stereocenters. The van der Waals surface area contributed by atoms with Gasteiger partial charge in [0.15, 0.2) is 5.82 Å². The summed E-state index contributed by atoms with van der Waals surface area (Å²) in [4.78, 5) is 17.2. The van der Waals surface area contributed by atoms with E-state index in [1.807, 2.05) is 0 Å². The Hall–Kier alpha value is -1.99. The summed E-state index contributed by atoms with van der Waals surface area (Å²) in [5, 5.41) is 12.9. The summed E-state index contributed by atoms with van der Waals surface area (Å²) in [7, 11) is 0. The molecular weight excluding hydrogens is 298 g/mol. The van der Waals surface area contributed by atoms with Gasteiger partial charge in [-0.2, -0.15) is 4.98 Å². The molecule has 0 bridgehead atoms. The number of benzene rings is 1. The average molecular weight is 303 g/mol.